The minimum absolute atomic E-state index is 0.0931. The smallest absolute Gasteiger partial charge is 0.339 e. The van der Waals surface area contributed by atoms with E-state index in [0.29, 0.717) is 5.52 Å². The largest absolute Gasteiger partial charge is 0.478 e. The second-order valence-corrected chi connectivity index (χ2v) is 4.60. The SMILES string of the molecule is Cc1ccc(C(=O)O)c(Oc2cnc3ccccc3n2)c1. The number of carbonyl (C=O) groups is 1. The fourth-order valence-electron chi connectivity index (χ4n) is 1.99. The third-order valence-electron chi connectivity index (χ3n) is 3.01. The van der Waals surface area contributed by atoms with Crippen LogP contribution in [0.15, 0.2) is 48.7 Å². The molecule has 0 saturated heterocycles. The maximum Gasteiger partial charge on any atom is 0.339 e. The predicted molar refractivity (Wildman–Crippen MR) is 77.8 cm³/mol. The first-order chi connectivity index (χ1) is 10.1. The van der Waals surface area contributed by atoms with Gasteiger partial charge in [0.25, 0.3) is 0 Å². The van der Waals surface area contributed by atoms with Crippen molar-refractivity contribution in [1.82, 2.24) is 9.97 Å². The molecule has 0 saturated carbocycles. The first kappa shape index (κ1) is 13.1. The molecule has 0 aliphatic rings. The van der Waals surface area contributed by atoms with Crippen molar-refractivity contribution < 1.29 is 14.6 Å². The Bertz CT molecular complexity index is 831. The van der Waals surface area contributed by atoms with Crippen molar-refractivity contribution >= 4 is 17.0 Å². The summed E-state index contributed by atoms with van der Waals surface area (Å²) in [7, 11) is 0. The maximum atomic E-state index is 11.2. The lowest BCUT2D eigenvalue weighted by Gasteiger charge is -2.09. The van der Waals surface area contributed by atoms with Gasteiger partial charge in [0.2, 0.25) is 5.88 Å². The van der Waals surface area contributed by atoms with Crippen LogP contribution in [0.5, 0.6) is 11.6 Å². The second-order valence-electron chi connectivity index (χ2n) is 4.60. The molecule has 0 amide bonds. The van der Waals surface area contributed by atoms with Gasteiger partial charge in [-0.2, -0.15) is 0 Å². The van der Waals surface area contributed by atoms with Gasteiger partial charge in [-0.1, -0.05) is 18.2 Å². The average molecular weight is 280 g/mol. The van der Waals surface area contributed by atoms with Crippen molar-refractivity contribution in [1.29, 1.82) is 0 Å². The van der Waals surface area contributed by atoms with Crippen LogP contribution in [0.1, 0.15) is 15.9 Å². The zero-order valence-corrected chi connectivity index (χ0v) is 11.3. The van der Waals surface area contributed by atoms with Crippen molar-refractivity contribution in [2.45, 2.75) is 6.92 Å². The molecule has 0 aliphatic carbocycles. The van der Waals surface area contributed by atoms with Crippen LogP contribution in [0.4, 0.5) is 0 Å². The number of carboxylic acids is 1. The summed E-state index contributed by atoms with van der Waals surface area (Å²) < 4.78 is 5.61. The van der Waals surface area contributed by atoms with Gasteiger partial charge < -0.3 is 9.84 Å². The molecule has 0 atom stereocenters. The quantitative estimate of drug-likeness (QED) is 0.795. The summed E-state index contributed by atoms with van der Waals surface area (Å²) in [6, 6.07) is 12.3. The summed E-state index contributed by atoms with van der Waals surface area (Å²) in [5.41, 5.74) is 2.45. The zero-order valence-electron chi connectivity index (χ0n) is 11.3. The Kier molecular flexibility index (Phi) is 3.23. The number of aromatic nitrogens is 2. The molecule has 5 heteroatoms. The molecule has 21 heavy (non-hydrogen) atoms. The number of hydrogen-bond donors (Lipinski definition) is 1. The number of aryl methyl sites for hydroxylation is 1. The van der Waals surface area contributed by atoms with Gasteiger partial charge in [-0.3, -0.25) is 0 Å². The minimum atomic E-state index is -1.04. The van der Waals surface area contributed by atoms with E-state index in [1.807, 2.05) is 31.2 Å². The highest BCUT2D eigenvalue weighted by Gasteiger charge is 2.13. The van der Waals surface area contributed by atoms with Crippen molar-refractivity contribution in [3.8, 4) is 11.6 Å². The highest BCUT2D eigenvalue weighted by Crippen LogP contribution is 2.26. The summed E-state index contributed by atoms with van der Waals surface area (Å²) in [6.45, 7) is 1.87. The molecule has 0 aliphatic heterocycles. The molecule has 0 spiro atoms. The van der Waals surface area contributed by atoms with Crippen LogP contribution in [-0.2, 0) is 0 Å². The van der Waals surface area contributed by atoms with Gasteiger partial charge in [-0.15, -0.1) is 0 Å². The molecule has 1 N–H and O–H groups in total. The van der Waals surface area contributed by atoms with Crippen molar-refractivity contribution in [3.05, 3.63) is 59.8 Å². The molecule has 0 radical (unpaired) electrons. The maximum absolute atomic E-state index is 11.2. The van der Waals surface area contributed by atoms with E-state index in [2.05, 4.69) is 9.97 Å². The minimum Gasteiger partial charge on any atom is -0.478 e. The number of fused-ring (bicyclic) bond motifs is 1. The first-order valence-electron chi connectivity index (χ1n) is 6.37. The molecule has 3 aromatic rings. The van der Waals surface area contributed by atoms with E-state index in [-0.39, 0.29) is 17.2 Å². The molecule has 0 fully saturated rings. The Balaban J connectivity index is 2.02. The number of carboxylic acid groups (broad SMARTS) is 1. The van der Waals surface area contributed by atoms with Crippen LogP contribution in [-0.4, -0.2) is 21.0 Å². The summed E-state index contributed by atoms with van der Waals surface area (Å²) in [4.78, 5) is 19.8. The molecule has 1 heterocycles. The van der Waals surface area contributed by atoms with Crippen LogP contribution < -0.4 is 4.74 Å². The van der Waals surface area contributed by atoms with E-state index >= 15 is 0 Å². The van der Waals surface area contributed by atoms with Gasteiger partial charge in [0.05, 0.1) is 17.2 Å². The molecule has 3 rings (SSSR count). The third kappa shape index (κ3) is 2.67. The molecule has 0 unspecified atom stereocenters. The lowest BCUT2D eigenvalue weighted by Crippen LogP contribution is -2.01. The molecular weight excluding hydrogens is 268 g/mol. The van der Waals surface area contributed by atoms with Crippen molar-refractivity contribution in [2.24, 2.45) is 0 Å². The van der Waals surface area contributed by atoms with E-state index < -0.39 is 5.97 Å². The highest BCUT2D eigenvalue weighted by molar-refractivity contribution is 5.91. The van der Waals surface area contributed by atoms with Gasteiger partial charge in [0, 0.05) is 0 Å². The van der Waals surface area contributed by atoms with Gasteiger partial charge in [-0.25, -0.2) is 14.8 Å². The summed E-state index contributed by atoms with van der Waals surface area (Å²) >= 11 is 0. The van der Waals surface area contributed by atoms with Gasteiger partial charge in [-0.05, 0) is 36.8 Å². The Hall–Kier alpha value is -2.95. The Labute approximate surface area is 120 Å². The fraction of sp³-hybridized carbons (Fsp3) is 0.0625. The van der Waals surface area contributed by atoms with Crippen LogP contribution >= 0.6 is 0 Å². The Morgan fingerprint density at radius 1 is 1.14 bits per heavy atom. The summed E-state index contributed by atoms with van der Waals surface area (Å²) in [6.07, 6.45) is 1.48. The first-order valence-corrected chi connectivity index (χ1v) is 6.37. The number of para-hydroxylation sites is 2. The lowest BCUT2D eigenvalue weighted by atomic mass is 10.1. The number of benzene rings is 2. The van der Waals surface area contributed by atoms with Crippen LogP contribution in [0, 0.1) is 6.92 Å². The summed E-state index contributed by atoms with van der Waals surface area (Å²) in [5, 5.41) is 9.19. The summed E-state index contributed by atoms with van der Waals surface area (Å²) in [5.74, 6) is -0.521. The Morgan fingerprint density at radius 3 is 2.67 bits per heavy atom. The second kappa shape index (κ2) is 5.20. The topological polar surface area (TPSA) is 72.3 Å². The van der Waals surface area contributed by atoms with Gasteiger partial charge >= 0.3 is 5.97 Å². The van der Waals surface area contributed by atoms with Crippen LogP contribution in [0.25, 0.3) is 11.0 Å². The molecule has 5 nitrogen and oxygen atoms in total. The van der Waals surface area contributed by atoms with E-state index in [1.54, 1.807) is 12.1 Å². The average Bonchev–Trinajstić information content (AvgIpc) is 2.47. The molecule has 1 aromatic heterocycles. The Morgan fingerprint density at radius 2 is 1.90 bits per heavy atom. The van der Waals surface area contributed by atoms with Crippen molar-refractivity contribution in [3.63, 3.8) is 0 Å². The van der Waals surface area contributed by atoms with E-state index in [0.717, 1.165) is 11.1 Å². The predicted octanol–water partition coefficient (Wildman–Crippen LogP) is 3.43. The third-order valence-corrected chi connectivity index (χ3v) is 3.01. The molecule has 0 bridgehead atoms. The highest BCUT2D eigenvalue weighted by atomic mass is 16.5. The number of nitrogens with zero attached hydrogens (tertiary/aromatic N) is 2. The number of aromatic carboxylic acids is 1. The monoisotopic (exact) mass is 280 g/mol. The molecule has 104 valence electrons. The van der Waals surface area contributed by atoms with E-state index in [4.69, 9.17) is 4.74 Å². The fourth-order valence-corrected chi connectivity index (χ4v) is 1.99. The van der Waals surface area contributed by atoms with Crippen LogP contribution in [0.2, 0.25) is 0 Å². The number of hydrogen-bond acceptors (Lipinski definition) is 4. The van der Waals surface area contributed by atoms with Gasteiger partial charge in [0.1, 0.15) is 11.3 Å². The number of rotatable bonds is 3. The molecular formula is C16H12N2O3. The van der Waals surface area contributed by atoms with Crippen molar-refractivity contribution in [2.75, 3.05) is 0 Å². The number of ether oxygens (including phenoxy) is 1. The van der Waals surface area contributed by atoms with Gasteiger partial charge in [0.15, 0.2) is 0 Å². The normalized spacial score (nSPS) is 10.5. The molecule has 2 aromatic carbocycles. The standard InChI is InChI=1S/C16H12N2O3/c1-10-6-7-11(16(19)20)14(8-10)21-15-9-17-12-4-2-3-5-13(12)18-15/h2-9H,1H3,(H,19,20). The van der Waals surface area contributed by atoms with E-state index in [9.17, 15) is 9.90 Å². The zero-order chi connectivity index (χ0) is 14.8. The van der Waals surface area contributed by atoms with E-state index in [1.165, 1.54) is 12.3 Å². The lowest BCUT2D eigenvalue weighted by molar-refractivity contribution is 0.0694. The van der Waals surface area contributed by atoms with Crippen LogP contribution in [0.3, 0.4) is 0 Å².